The molecule has 0 unspecified atom stereocenters. The van der Waals surface area contributed by atoms with Gasteiger partial charge in [-0.05, 0) is 24.3 Å². The molecule has 9 nitrogen and oxygen atoms in total. The summed E-state index contributed by atoms with van der Waals surface area (Å²) in [6, 6.07) is 14.7. The van der Waals surface area contributed by atoms with Crippen molar-refractivity contribution in [2.24, 2.45) is 0 Å². The van der Waals surface area contributed by atoms with E-state index in [-0.39, 0.29) is 11.5 Å². The van der Waals surface area contributed by atoms with Crippen molar-refractivity contribution in [1.29, 1.82) is 0 Å². The van der Waals surface area contributed by atoms with Gasteiger partial charge in [0.25, 0.3) is 5.56 Å². The Labute approximate surface area is 187 Å². The number of ether oxygens (including phenoxy) is 1. The highest BCUT2D eigenvalue weighted by Gasteiger charge is 2.19. The minimum absolute atomic E-state index is 0.177. The maximum absolute atomic E-state index is 13.4. The van der Waals surface area contributed by atoms with Crippen molar-refractivity contribution in [2.45, 2.75) is 30.7 Å². The van der Waals surface area contributed by atoms with Crippen LogP contribution in [-0.2, 0) is 5.75 Å². The predicted molar refractivity (Wildman–Crippen MR) is 121 cm³/mol. The van der Waals surface area contributed by atoms with Gasteiger partial charge in [0.1, 0.15) is 5.75 Å². The average Bonchev–Trinajstić information content (AvgIpc) is 3.45. The number of fused-ring (bicyclic) bond motifs is 3. The normalized spacial score (nSPS) is 11.6. The standard InChI is InChI=1S/C22H20N6O3S/c1-13(2)19-23-18(31-26-19)12-32-22-25-24-21-27(14-7-6-8-15(11-14)30-3)20(29)16-9-4-5-10-17(16)28(21)22/h4-11,13H,12H2,1-3H3. The van der Waals surface area contributed by atoms with E-state index in [0.717, 1.165) is 5.52 Å². The lowest BCUT2D eigenvalue weighted by Crippen LogP contribution is -2.21. The molecule has 10 heteroatoms. The number of benzene rings is 2. The zero-order valence-corrected chi connectivity index (χ0v) is 18.5. The number of aromatic nitrogens is 6. The molecule has 0 radical (unpaired) electrons. The molecule has 0 aliphatic carbocycles. The largest absolute Gasteiger partial charge is 0.497 e. The van der Waals surface area contributed by atoms with Gasteiger partial charge in [-0.25, -0.2) is 4.57 Å². The van der Waals surface area contributed by atoms with E-state index in [4.69, 9.17) is 9.26 Å². The lowest BCUT2D eigenvalue weighted by Gasteiger charge is -2.12. The molecular formula is C22H20N6O3S. The van der Waals surface area contributed by atoms with Crippen LogP contribution in [0.3, 0.4) is 0 Å². The summed E-state index contributed by atoms with van der Waals surface area (Å²) in [7, 11) is 1.59. The Balaban J connectivity index is 1.66. The Hall–Kier alpha value is -3.66. The molecule has 0 N–H and O–H groups in total. The van der Waals surface area contributed by atoms with Crippen LogP contribution in [0.4, 0.5) is 0 Å². The van der Waals surface area contributed by atoms with Gasteiger partial charge in [-0.15, -0.1) is 10.2 Å². The number of hydrogen-bond acceptors (Lipinski definition) is 8. The van der Waals surface area contributed by atoms with Crippen molar-refractivity contribution in [1.82, 2.24) is 29.3 Å². The third-order valence-electron chi connectivity index (χ3n) is 5.03. The molecule has 0 fully saturated rings. The summed E-state index contributed by atoms with van der Waals surface area (Å²) in [4.78, 5) is 17.8. The Morgan fingerprint density at radius 2 is 1.97 bits per heavy atom. The van der Waals surface area contributed by atoms with E-state index in [2.05, 4.69) is 20.3 Å². The van der Waals surface area contributed by atoms with Crippen LogP contribution < -0.4 is 10.3 Å². The summed E-state index contributed by atoms with van der Waals surface area (Å²) >= 11 is 1.42. The molecule has 0 amide bonds. The van der Waals surface area contributed by atoms with Gasteiger partial charge in [-0.3, -0.25) is 9.20 Å². The third-order valence-corrected chi connectivity index (χ3v) is 5.94. The molecule has 162 valence electrons. The molecule has 0 bridgehead atoms. The molecule has 0 saturated heterocycles. The molecule has 5 aromatic rings. The lowest BCUT2D eigenvalue weighted by atomic mass is 10.2. The monoisotopic (exact) mass is 448 g/mol. The topological polar surface area (TPSA) is 100 Å². The summed E-state index contributed by atoms with van der Waals surface area (Å²) in [5.74, 6) is 2.87. The van der Waals surface area contributed by atoms with Gasteiger partial charge < -0.3 is 9.26 Å². The first-order chi connectivity index (χ1) is 15.6. The summed E-state index contributed by atoms with van der Waals surface area (Å²) in [5, 5.41) is 13.9. The number of nitrogens with zero attached hydrogens (tertiary/aromatic N) is 6. The van der Waals surface area contributed by atoms with Crippen molar-refractivity contribution >= 4 is 28.4 Å². The lowest BCUT2D eigenvalue weighted by molar-refractivity contribution is 0.383. The van der Waals surface area contributed by atoms with Gasteiger partial charge >= 0.3 is 0 Å². The second-order valence-corrected chi connectivity index (χ2v) is 8.41. The fraction of sp³-hybridized carbons (Fsp3) is 0.227. The Bertz CT molecular complexity index is 1490. The van der Waals surface area contributed by atoms with Gasteiger partial charge in [0.15, 0.2) is 11.0 Å². The first-order valence-corrected chi connectivity index (χ1v) is 11.0. The van der Waals surface area contributed by atoms with Crippen molar-refractivity contribution in [2.75, 3.05) is 7.11 Å². The Morgan fingerprint density at radius 3 is 2.75 bits per heavy atom. The van der Waals surface area contributed by atoms with Crippen LogP contribution in [0.5, 0.6) is 5.75 Å². The van der Waals surface area contributed by atoms with Crippen molar-refractivity contribution < 1.29 is 9.26 Å². The molecule has 5 rings (SSSR count). The SMILES string of the molecule is COc1cccc(-n2c(=O)c3ccccc3n3c(SCc4nc(C(C)C)no4)nnc23)c1. The molecule has 0 aliphatic rings. The van der Waals surface area contributed by atoms with Crippen molar-refractivity contribution in [3.63, 3.8) is 0 Å². The zero-order chi connectivity index (χ0) is 22.2. The van der Waals surface area contributed by atoms with Crippen molar-refractivity contribution in [3.05, 3.63) is 70.6 Å². The first-order valence-electron chi connectivity index (χ1n) is 10.1. The molecular weight excluding hydrogens is 428 g/mol. The van der Waals surface area contributed by atoms with E-state index in [9.17, 15) is 4.79 Å². The number of para-hydroxylation sites is 1. The number of thioether (sulfide) groups is 1. The second-order valence-electron chi connectivity index (χ2n) is 7.47. The van der Waals surface area contributed by atoms with E-state index in [1.54, 1.807) is 23.8 Å². The molecule has 3 heterocycles. The van der Waals surface area contributed by atoms with Crippen molar-refractivity contribution in [3.8, 4) is 11.4 Å². The summed E-state index contributed by atoms with van der Waals surface area (Å²) < 4.78 is 14.1. The molecule has 2 aromatic carbocycles. The van der Waals surface area contributed by atoms with E-state index in [0.29, 0.717) is 45.2 Å². The maximum Gasteiger partial charge on any atom is 0.267 e. The van der Waals surface area contributed by atoms with Crippen LogP contribution >= 0.6 is 11.8 Å². The highest BCUT2D eigenvalue weighted by atomic mass is 32.2. The summed E-state index contributed by atoms with van der Waals surface area (Å²) in [5.41, 5.74) is 1.20. The number of methoxy groups -OCH3 is 1. The fourth-order valence-corrected chi connectivity index (χ4v) is 4.22. The maximum atomic E-state index is 13.4. The minimum Gasteiger partial charge on any atom is -0.497 e. The van der Waals surface area contributed by atoms with Gasteiger partial charge in [-0.2, -0.15) is 4.98 Å². The number of rotatable bonds is 6. The predicted octanol–water partition coefficient (Wildman–Crippen LogP) is 3.84. The van der Waals surface area contributed by atoms with Gasteiger partial charge in [0, 0.05) is 12.0 Å². The molecule has 0 spiro atoms. The zero-order valence-electron chi connectivity index (χ0n) is 17.7. The first kappa shape index (κ1) is 20.3. The highest BCUT2D eigenvalue weighted by Crippen LogP contribution is 2.26. The molecule has 32 heavy (non-hydrogen) atoms. The summed E-state index contributed by atoms with van der Waals surface area (Å²) in [6.07, 6.45) is 0. The van der Waals surface area contributed by atoms with Gasteiger partial charge in [-0.1, -0.05) is 49.0 Å². The average molecular weight is 449 g/mol. The van der Waals surface area contributed by atoms with E-state index in [1.165, 1.54) is 11.8 Å². The van der Waals surface area contributed by atoms with Crippen LogP contribution in [0.2, 0.25) is 0 Å². The van der Waals surface area contributed by atoms with Crippen LogP contribution in [0.25, 0.3) is 22.4 Å². The number of hydrogen-bond donors (Lipinski definition) is 0. The van der Waals surface area contributed by atoms with Crippen LogP contribution in [0.1, 0.15) is 31.5 Å². The van der Waals surface area contributed by atoms with E-state index >= 15 is 0 Å². The quantitative estimate of drug-likeness (QED) is 0.361. The Kier molecular flexibility index (Phi) is 5.14. The second kappa shape index (κ2) is 8.12. The van der Waals surface area contributed by atoms with Gasteiger partial charge in [0.2, 0.25) is 11.7 Å². The van der Waals surface area contributed by atoms with E-state index < -0.39 is 0 Å². The summed E-state index contributed by atoms with van der Waals surface area (Å²) in [6.45, 7) is 4.02. The van der Waals surface area contributed by atoms with Crippen LogP contribution in [0.15, 0.2) is 63.0 Å². The minimum atomic E-state index is -0.177. The fourth-order valence-electron chi connectivity index (χ4n) is 3.44. The van der Waals surface area contributed by atoms with Crippen LogP contribution in [-0.4, -0.2) is 36.4 Å². The molecule has 3 aromatic heterocycles. The molecule has 0 atom stereocenters. The van der Waals surface area contributed by atoms with Gasteiger partial charge in [0.05, 0.1) is 29.5 Å². The Morgan fingerprint density at radius 1 is 1.12 bits per heavy atom. The highest BCUT2D eigenvalue weighted by molar-refractivity contribution is 7.98. The third kappa shape index (κ3) is 3.42. The smallest absolute Gasteiger partial charge is 0.267 e. The molecule has 0 aliphatic heterocycles. The molecule has 0 saturated carbocycles. The van der Waals surface area contributed by atoms with E-state index in [1.807, 2.05) is 54.6 Å². The van der Waals surface area contributed by atoms with Crippen LogP contribution in [0, 0.1) is 0 Å².